The van der Waals surface area contributed by atoms with Crippen LogP contribution in [0.1, 0.15) is 24.8 Å². The Morgan fingerprint density at radius 1 is 1.25 bits per heavy atom. The number of amides is 1. The quantitative estimate of drug-likeness (QED) is 0.441. The number of nitrogen functional groups attached to an aromatic ring is 1. The number of aryl methyl sites for hydroxylation is 2. The monoisotopic (exact) mass is 431 g/mol. The minimum atomic E-state index is -0.276. The first-order valence-corrected chi connectivity index (χ1v) is 10.7. The van der Waals surface area contributed by atoms with Crippen molar-refractivity contribution < 1.29 is 13.9 Å². The molecule has 2 aliphatic rings. The predicted molar refractivity (Wildman–Crippen MR) is 121 cm³/mol. The normalized spacial score (nSPS) is 18.0. The summed E-state index contributed by atoms with van der Waals surface area (Å²) in [5.74, 6) is 1.60. The first-order valence-electron chi connectivity index (χ1n) is 10.7. The van der Waals surface area contributed by atoms with Gasteiger partial charge in [0.2, 0.25) is 5.91 Å². The average molecular weight is 431 g/mol. The van der Waals surface area contributed by atoms with Crippen LogP contribution in [0.2, 0.25) is 0 Å². The van der Waals surface area contributed by atoms with Gasteiger partial charge in [0.1, 0.15) is 22.6 Å². The molecule has 1 aliphatic carbocycles. The number of nitrogens with two attached hydrogens (primary N) is 2. The Morgan fingerprint density at radius 3 is 2.97 bits per heavy atom. The Labute approximate surface area is 183 Å². The first kappa shape index (κ1) is 19.0. The number of aromatic nitrogens is 3. The van der Waals surface area contributed by atoms with Gasteiger partial charge in [-0.1, -0.05) is 0 Å². The number of nitrogens with one attached hydrogen (secondary N) is 1. The van der Waals surface area contributed by atoms with Gasteiger partial charge < -0.3 is 30.5 Å². The van der Waals surface area contributed by atoms with Gasteiger partial charge in [-0.3, -0.25) is 4.79 Å². The number of primary amides is 1. The van der Waals surface area contributed by atoms with Crippen molar-refractivity contribution in [3.8, 4) is 17.1 Å². The fourth-order valence-electron chi connectivity index (χ4n) is 4.58. The Bertz CT molecular complexity index is 1390. The lowest BCUT2D eigenvalue weighted by molar-refractivity contribution is -0.118. The van der Waals surface area contributed by atoms with Gasteiger partial charge in [-0.25, -0.2) is 4.98 Å². The highest BCUT2D eigenvalue weighted by Crippen LogP contribution is 2.45. The first-order chi connectivity index (χ1) is 15.5. The van der Waals surface area contributed by atoms with E-state index in [-0.39, 0.29) is 17.8 Å². The predicted octanol–water partition coefficient (Wildman–Crippen LogP) is 3.36. The van der Waals surface area contributed by atoms with E-state index in [0.29, 0.717) is 18.6 Å². The molecule has 0 saturated heterocycles. The Kier molecular flexibility index (Phi) is 4.08. The number of fused-ring (bicyclic) bond motifs is 1. The number of ether oxygens (including phenoxy) is 1. The number of rotatable bonds is 5. The van der Waals surface area contributed by atoms with E-state index in [1.807, 2.05) is 25.1 Å². The highest BCUT2D eigenvalue weighted by atomic mass is 16.5. The van der Waals surface area contributed by atoms with Crippen molar-refractivity contribution in [2.75, 3.05) is 17.7 Å². The second kappa shape index (κ2) is 6.88. The molecule has 6 rings (SSSR count). The topological polar surface area (TPSA) is 134 Å². The number of carbonyl (C=O) groups excluding carboxylic acids is 1. The van der Waals surface area contributed by atoms with Gasteiger partial charge in [0.25, 0.3) is 6.01 Å². The van der Waals surface area contributed by atoms with E-state index >= 15 is 0 Å². The van der Waals surface area contributed by atoms with Crippen molar-refractivity contribution in [1.29, 1.82) is 0 Å². The van der Waals surface area contributed by atoms with Crippen molar-refractivity contribution in [1.82, 2.24) is 14.5 Å². The van der Waals surface area contributed by atoms with Crippen LogP contribution in [0.4, 0.5) is 11.7 Å². The van der Waals surface area contributed by atoms with Crippen LogP contribution in [0.3, 0.4) is 0 Å². The maximum Gasteiger partial charge on any atom is 0.292 e. The van der Waals surface area contributed by atoms with Gasteiger partial charge >= 0.3 is 0 Å². The summed E-state index contributed by atoms with van der Waals surface area (Å²) in [6, 6.07) is 9.33. The van der Waals surface area contributed by atoms with Crippen molar-refractivity contribution in [2.45, 2.75) is 32.7 Å². The molecule has 163 valence electrons. The Morgan fingerprint density at radius 2 is 2.12 bits per heavy atom. The van der Waals surface area contributed by atoms with Gasteiger partial charge in [-0.15, -0.1) is 0 Å². The SMILES string of the molecule is Cc1cc(-c2nc3cc(N[C]4C[C@H]4CC(N)=O)cc4c3n2CCCO4)cc2nc(N)oc12. The van der Waals surface area contributed by atoms with Crippen LogP contribution in [-0.4, -0.2) is 27.0 Å². The van der Waals surface area contributed by atoms with Crippen LogP contribution in [0.25, 0.3) is 33.5 Å². The third-order valence-electron chi connectivity index (χ3n) is 6.09. The fourth-order valence-corrected chi connectivity index (χ4v) is 4.58. The lowest BCUT2D eigenvalue weighted by Crippen LogP contribution is -2.12. The molecule has 0 unspecified atom stereocenters. The Hall–Kier alpha value is -3.75. The number of carbonyl (C=O) groups is 1. The zero-order valence-electron chi connectivity index (χ0n) is 17.6. The van der Waals surface area contributed by atoms with Crippen LogP contribution in [0.15, 0.2) is 28.7 Å². The standard InChI is InChI=1S/C23H23N6O3/c1-11-5-13(7-17-21(11)32-23(25)28-17)22-27-16-9-14(26-15-6-12(15)8-19(24)30)10-18-20(16)29(22)3-2-4-31-18/h5,7,9-10,12,26H,2-4,6,8H2,1H3,(H2,24,30)(H2,25,28)/t12-/m0/s1. The molecule has 9 nitrogen and oxygen atoms in total. The second-order valence-corrected chi connectivity index (χ2v) is 8.55. The molecule has 1 fully saturated rings. The largest absolute Gasteiger partial charge is 0.491 e. The van der Waals surface area contributed by atoms with Crippen molar-refractivity contribution in [2.24, 2.45) is 11.7 Å². The van der Waals surface area contributed by atoms with E-state index < -0.39 is 0 Å². The van der Waals surface area contributed by atoms with Crippen LogP contribution in [0, 0.1) is 18.9 Å². The zero-order valence-corrected chi connectivity index (χ0v) is 17.6. The number of anilines is 2. The lowest BCUT2D eigenvalue weighted by atomic mass is 10.1. The molecule has 32 heavy (non-hydrogen) atoms. The molecule has 1 saturated carbocycles. The molecule has 3 heterocycles. The third-order valence-corrected chi connectivity index (χ3v) is 6.09. The molecule has 1 amide bonds. The van der Waals surface area contributed by atoms with Gasteiger partial charge in [0, 0.05) is 30.3 Å². The van der Waals surface area contributed by atoms with Crippen molar-refractivity contribution >= 4 is 39.7 Å². The third kappa shape index (κ3) is 3.12. The highest BCUT2D eigenvalue weighted by Gasteiger charge is 2.39. The molecule has 5 N–H and O–H groups in total. The zero-order chi connectivity index (χ0) is 22.0. The number of hydrogen-bond donors (Lipinski definition) is 3. The lowest BCUT2D eigenvalue weighted by Gasteiger charge is -2.10. The van der Waals surface area contributed by atoms with E-state index in [1.54, 1.807) is 0 Å². The summed E-state index contributed by atoms with van der Waals surface area (Å²) < 4.78 is 13.8. The van der Waals surface area contributed by atoms with Crippen LogP contribution >= 0.6 is 0 Å². The summed E-state index contributed by atoms with van der Waals surface area (Å²) in [5.41, 5.74) is 17.2. The van der Waals surface area contributed by atoms with E-state index in [9.17, 15) is 4.79 Å². The molecule has 0 spiro atoms. The number of nitrogens with zero attached hydrogens (tertiary/aromatic N) is 3. The maximum atomic E-state index is 11.2. The molecule has 1 aliphatic heterocycles. The highest BCUT2D eigenvalue weighted by molar-refractivity contribution is 5.91. The van der Waals surface area contributed by atoms with Crippen LogP contribution in [0.5, 0.6) is 5.75 Å². The van der Waals surface area contributed by atoms with E-state index in [4.69, 9.17) is 25.6 Å². The van der Waals surface area contributed by atoms with E-state index in [1.165, 1.54) is 0 Å². The van der Waals surface area contributed by atoms with Gasteiger partial charge in [-0.05, 0) is 49.4 Å². The molecule has 2 aromatic carbocycles. The number of imidazole rings is 1. The molecule has 2 aromatic heterocycles. The van der Waals surface area contributed by atoms with E-state index in [2.05, 4.69) is 20.9 Å². The number of oxazole rings is 1. The number of hydrogen-bond acceptors (Lipinski definition) is 7. The van der Waals surface area contributed by atoms with Crippen LogP contribution in [-0.2, 0) is 11.3 Å². The van der Waals surface area contributed by atoms with Crippen LogP contribution < -0.4 is 21.5 Å². The second-order valence-electron chi connectivity index (χ2n) is 8.55. The van der Waals surface area contributed by atoms with Gasteiger partial charge in [0.05, 0.1) is 18.2 Å². The van der Waals surface area contributed by atoms with E-state index in [0.717, 1.165) is 70.4 Å². The van der Waals surface area contributed by atoms with Crippen molar-refractivity contribution in [3.63, 3.8) is 0 Å². The van der Waals surface area contributed by atoms with Crippen molar-refractivity contribution in [3.05, 3.63) is 35.9 Å². The minimum Gasteiger partial charge on any atom is -0.491 e. The smallest absolute Gasteiger partial charge is 0.292 e. The molecule has 4 aromatic rings. The number of benzene rings is 2. The summed E-state index contributed by atoms with van der Waals surface area (Å²) in [6.07, 6.45) is 2.12. The summed E-state index contributed by atoms with van der Waals surface area (Å²) in [6.45, 7) is 3.42. The van der Waals surface area contributed by atoms with Gasteiger partial charge in [-0.2, -0.15) is 4.98 Å². The van der Waals surface area contributed by atoms with Gasteiger partial charge in [0.15, 0.2) is 5.58 Å². The molecule has 1 radical (unpaired) electrons. The molecule has 0 bridgehead atoms. The molecule has 9 heteroatoms. The molecule has 1 atom stereocenters. The molecular weight excluding hydrogens is 408 g/mol. The minimum absolute atomic E-state index is 0.158. The Balaban J connectivity index is 1.43. The average Bonchev–Trinajstić information content (AvgIpc) is 3.22. The maximum absolute atomic E-state index is 11.2. The fraction of sp³-hybridized carbons (Fsp3) is 0.304. The summed E-state index contributed by atoms with van der Waals surface area (Å²) in [5, 5.41) is 3.43. The summed E-state index contributed by atoms with van der Waals surface area (Å²) in [7, 11) is 0. The molecular formula is C23H23N6O3. The summed E-state index contributed by atoms with van der Waals surface area (Å²) in [4.78, 5) is 20.5. The summed E-state index contributed by atoms with van der Waals surface area (Å²) >= 11 is 0.